The molecule has 0 spiro atoms. The van der Waals surface area contributed by atoms with Crippen molar-refractivity contribution in [3.63, 3.8) is 0 Å². The third kappa shape index (κ3) is 6.10. The number of methoxy groups -OCH3 is 2. The van der Waals surface area contributed by atoms with Crippen molar-refractivity contribution in [2.24, 2.45) is 0 Å². The second kappa shape index (κ2) is 13.6. The Labute approximate surface area is 257 Å². The van der Waals surface area contributed by atoms with Crippen LogP contribution in [0.15, 0.2) is 122 Å². The van der Waals surface area contributed by atoms with Gasteiger partial charge in [-0.1, -0.05) is 72.8 Å². The Bertz CT molecular complexity index is 1640. The van der Waals surface area contributed by atoms with Crippen LogP contribution in [-0.2, 0) is 9.47 Å². The van der Waals surface area contributed by atoms with Crippen molar-refractivity contribution in [3.8, 4) is 11.5 Å². The first-order chi connectivity index (χ1) is 21.5. The summed E-state index contributed by atoms with van der Waals surface area (Å²) in [4.78, 5) is 24.0. The second-order valence-corrected chi connectivity index (χ2v) is 9.93. The Hall–Kier alpha value is -5.62. The van der Waals surface area contributed by atoms with Gasteiger partial charge in [-0.2, -0.15) is 0 Å². The minimum Gasteiger partial charge on any atom is -0.497 e. The first-order valence-corrected chi connectivity index (χ1v) is 14.1. The first kappa shape index (κ1) is 29.9. The zero-order valence-corrected chi connectivity index (χ0v) is 24.7. The molecular formula is C38H32O6. The molecule has 0 saturated heterocycles. The van der Waals surface area contributed by atoms with Crippen molar-refractivity contribution in [2.45, 2.75) is 12.8 Å². The lowest BCUT2D eigenvalue weighted by Gasteiger charge is -2.10. The predicted molar refractivity (Wildman–Crippen MR) is 173 cm³/mol. The summed E-state index contributed by atoms with van der Waals surface area (Å²) >= 11 is 0. The molecule has 0 bridgehead atoms. The molecule has 4 aromatic rings. The molecule has 4 aromatic carbocycles. The monoisotopic (exact) mass is 584 g/mol. The number of carbonyl (C=O) groups is 2. The first-order valence-electron chi connectivity index (χ1n) is 14.1. The minimum atomic E-state index is -0.305. The lowest BCUT2D eigenvalue weighted by Crippen LogP contribution is -1.94. The van der Waals surface area contributed by atoms with E-state index >= 15 is 0 Å². The van der Waals surface area contributed by atoms with Gasteiger partial charge in [-0.05, 0) is 60.4 Å². The van der Waals surface area contributed by atoms with E-state index < -0.39 is 0 Å². The second-order valence-electron chi connectivity index (χ2n) is 9.93. The van der Waals surface area contributed by atoms with Crippen molar-refractivity contribution in [2.75, 3.05) is 14.2 Å². The van der Waals surface area contributed by atoms with Gasteiger partial charge >= 0.3 is 11.9 Å². The van der Waals surface area contributed by atoms with E-state index in [0.29, 0.717) is 35.5 Å². The zero-order valence-electron chi connectivity index (χ0n) is 24.7. The van der Waals surface area contributed by atoms with Gasteiger partial charge in [-0.3, -0.25) is 0 Å². The van der Waals surface area contributed by atoms with E-state index in [2.05, 4.69) is 13.2 Å². The highest BCUT2D eigenvalue weighted by Gasteiger charge is 2.29. The zero-order chi connectivity index (χ0) is 31.1. The van der Waals surface area contributed by atoms with Gasteiger partial charge in [-0.15, -0.1) is 13.2 Å². The van der Waals surface area contributed by atoms with Crippen molar-refractivity contribution >= 4 is 34.6 Å². The van der Waals surface area contributed by atoms with Gasteiger partial charge in [-0.25, -0.2) is 9.59 Å². The van der Waals surface area contributed by atoms with Crippen LogP contribution in [0.2, 0.25) is 0 Å². The highest BCUT2D eigenvalue weighted by molar-refractivity contribution is 6.09. The summed E-state index contributed by atoms with van der Waals surface area (Å²) < 4.78 is 21.4. The van der Waals surface area contributed by atoms with E-state index in [0.717, 1.165) is 44.9 Å². The molecule has 2 aliphatic rings. The quantitative estimate of drug-likeness (QED) is 0.153. The maximum atomic E-state index is 12.0. The molecule has 6 nitrogen and oxygen atoms in total. The maximum Gasteiger partial charge on any atom is 0.344 e. The SMILES string of the molecule is C=CC/C(=C1/OC(=O)c2ccccc21)c1ccc(OC)cc1.C=CC/C(=C1/OC(=O)c2ccccc21)c1ccc(OC)cc1. The Morgan fingerprint density at radius 1 is 0.568 bits per heavy atom. The molecule has 6 rings (SSSR count). The van der Waals surface area contributed by atoms with Crippen molar-refractivity contribution in [1.29, 1.82) is 0 Å². The van der Waals surface area contributed by atoms with E-state index in [9.17, 15) is 9.59 Å². The molecule has 0 amide bonds. The molecule has 0 aromatic heterocycles. The van der Waals surface area contributed by atoms with Crippen LogP contribution in [0.5, 0.6) is 11.5 Å². The summed E-state index contributed by atoms with van der Waals surface area (Å²) in [6.45, 7) is 7.61. The standard InChI is InChI=1S/2C19H16O3/c2*1-3-6-15(13-9-11-14(21-2)12-10-13)18-16-7-4-5-8-17(16)19(20)22-18/h2*3-5,7-12H,1,6H2,2H3/b2*18-15-. The Balaban J connectivity index is 0.000000175. The number of benzene rings is 4. The van der Waals surface area contributed by atoms with E-state index in [1.165, 1.54) is 0 Å². The fourth-order valence-electron chi connectivity index (χ4n) is 5.13. The summed E-state index contributed by atoms with van der Waals surface area (Å²) in [5.74, 6) is 2.20. The highest BCUT2D eigenvalue weighted by Crippen LogP contribution is 2.39. The van der Waals surface area contributed by atoms with E-state index in [4.69, 9.17) is 18.9 Å². The van der Waals surface area contributed by atoms with Crippen LogP contribution in [0.1, 0.15) is 55.8 Å². The molecule has 0 aliphatic carbocycles. The molecule has 0 fully saturated rings. The largest absolute Gasteiger partial charge is 0.497 e. The summed E-state index contributed by atoms with van der Waals surface area (Å²) in [7, 11) is 3.26. The van der Waals surface area contributed by atoms with Gasteiger partial charge in [0.15, 0.2) is 0 Å². The van der Waals surface area contributed by atoms with E-state index in [-0.39, 0.29) is 11.9 Å². The molecule has 2 heterocycles. The number of esters is 2. The van der Waals surface area contributed by atoms with Crippen molar-refractivity contribution < 1.29 is 28.5 Å². The molecule has 0 atom stereocenters. The van der Waals surface area contributed by atoms with Crippen LogP contribution in [0.4, 0.5) is 0 Å². The molecule has 0 radical (unpaired) electrons. The van der Waals surface area contributed by atoms with Gasteiger partial charge in [0.25, 0.3) is 0 Å². The number of rotatable bonds is 8. The van der Waals surface area contributed by atoms with Crippen molar-refractivity contribution in [3.05, 3.63) is 156 Å². The number of carbonyl (C=O) groups excluding carboxylic acids is 2. The Kier molecular flexibility index (Phi) is 9.21. The van der Waals surface area contributed by atoms with Gasteiger partial charge in [0.2, 0.25) is 0 Å². The molecule has 2 aliphatic heterocycles. The molecule has 6 heteroatoms. The number of hydrogen-bond donors (Lipinski definition) is 0. The molecule has 220 valence electrons. The summed E-state index contributed by atoms with van der Waals surface area (Å²) in [6.07, 6.45) is 4.84. The number of ether oxygens (including phenoxy) is 4. The fourth-order valence-corrected chi connectivity index (χ4v) is 5.13. The fraction of sp³-hybridized carbons (Fsp3) is 0.105. The number of fused-ring (bicyclic) bond motifs is 2. The number of cyclic esters (lactones) is 2. The van der Waals surface area contributed by atoms with Gasteiger partial charge in [0.1, 0.15) is 23.0 Å². The molecule has 0 unspecified atom stereocenters. The summed E-state index contributed by atoms with van der Waals surface area (Å²) in [5.41, 5.74) is 6.73. The van der Waals surface area contributed by atoms with Crippen LogP contribution < -0.4 is 9.47 Å². The topological polar surface area (TPSA) is 71.1 Å². The van der Waals surface area contributed by atoms with Gasteiger partial charge < -0.3 is 18.9 Å². The minimum absolute atomic E-state index is 0.305. The third-order valence-corrected chi connectivity index (χ3v) is 7.29. The van der Waals surface area contributed by atoms with Crippen LogP contribution in [0.25, 0.3) is 22.7 Å². The summed E-state index contributed by atoms with van der Waals surface area (Å²) in [5, 5.41) is 0. The Morgan fingerprint density at radius 3 is 1.23 bits per heavy atom. The predicted octanol–water partition coefficient (Wildman–Crippen LogP) is 8.62. The highest BCUT2D eigenvalue weighted by atomic mass is 16.5. The average Bonchev–Trinajstić information content (AvgIpc) is 3.59. The van der Waals surface area contributed by atoms with Gasteiger partial charge in [0.05, 0.1) is 25.3 Å². The number of hydrogen-bond acceptors (Lipinski definition) is 6. The normalized spacial score (nSPS) is 15.0. The molecule has 0 N–H and O–H groups in total. The van der Waals surface area contributed by atoms with E-state index in [1.807, 2.05) is 84.9 Å². The lowest BCUT2D eigenvalue weighted by molar-refractivity contribution is 0.0706. The smallest absolute Gasteiger partial charge is 0.344 e. The lowest BCUT2D eigenvalue weighted by atomic mass is 9.97. The molecular weight excluding hydrogens is 552 g/mol. The number of allylic oxidation sites excluding steroid dienone is 4. The van der Waals surface area contributed by atoms with Crippen LogP contribution in [0.3, 0.4) is 0 Å². The van der Waals surface area contributed by atoms with Gasteiger partial charge in [0, 0.05) is 22.3 Å². The van der Waals surface area contributed by atoms with Crippen LogP contribution >= 0.6 is 0 Å². The third-order valence-electron chi connectivity index (χ3n) is 7.29. The molecule has 0 saturated carbocycles. The molecule has 44 heavy (non-hydrogen) atoms. The van der Waals surface area contributed by atoms with Crippen LogP contribution in [-0.4, -0.2) is 26.2 Å². The van der Waals surface area contributed by atoms with Crippen LogP contribution in [0, 0.1) is 0 Å². The van der Waals surface area contributed by atoms with E-state index in [1.54, 1.807) is 38.5 Å². The summed E-state index contributed by atoms with van der Waals surface area (Å²) in [6, 6.07) is 30.2. The Morgan fingerprint density at radius 2 is 0.909 bits per heavy atom. The van der Waals surface area contributed by atoms with Crippen molar-refractivity contribution in [1.82, 2.24) is 0 Å². The average molecular weight is 585 g/mol. The maximum absolute atomic E-state index is 12.0.